The molecule has 0 saturated heterocycles. The third-order valence-electron chi connectivity index (χ3n) is 3.74. The maximum absolute atomic E-state index is 5.73. The van der Waals surface area contributed by atoms with Gasteiger partial charge in [0, 0.05) is 5.75 Å². The summed E-state index contributed by atoms with van der Waals surface area (Å²) < 4.78 is 7.72. The molecule has 1 aliphatic carbocycles. The highest BCUT2D eigenvalue weighted by Gasteiger charge is 2.21. The lowest BCUT2D eigenvalue weighted by molar-refractivity contribution is 0.343. The highest BCUT2D eigenvalue weighted by molar-refractivity contribution is 7.99. The third-order valence-corrected chi connectivity index (χ3v) is 4.64. The van der Waals surface area contributed by atoms with Crippen molar-refractivity contribution in [3.8, 4) is 5.75 Å². The fourth-order valence-corrected chi connectivity index (χ4v) is 3.35. The van der Waals surface area contributed by atoms with Crippen LogP contribution in [0.4, 0.5) is 0 Å². The number of benzene rings is 1. The van der Waals surface area contributed by atoms with E-state index in [9.17, 15) is 0 Å². The van der Waals surface area contributed by atoms with Crippen LogP contribution < -0.4 is 4.74 Å². The van der Waals surface area contributed by atoms with Gasteiger partial charge in [-0.05, 0) is 42.3 Å². The number of aryl methyl sites for hydroxylation is 1. The van der Waals surface area contributed by atoms with Crippen LogP contribution in [0.1, 0.15) is 37.3 Å². The van der Waals surface area contributed by atoms with Crippen LogP contribution in [0.15, 0.2) is 29.4 Å². The number of hydrogen-bond donors (Lipinski definition) is 0. The monoisotopic (exact) mass is 304 g/mol. The Morgan fingerprint density at radius 2 is 2.00 bits per heavy atom. The molecule has 1 fully saturated rings. The first-order valence-electron chi connectivity index (χ1n) is 7.43. The number of ether oxygens (including phenoxy) is 1. The minimum absolute atomic E-state index is 0.487. The Bertz CT molecular complexity index is 563. The normalized spacial score (nSPS) is 15.5. The van der Waals surface area contributed by atoms with E-state index in [1.807, 2.05) is 16.8 Å². The molecule has 6 heteroatoms. The second-order valence-corrected chi connectivity index (χ2v) is 6.42. The molecular weight excluding hydrogens is 284 g/mol. The van der Waals surface area contributed by atoms with E-state index in [2.05, 4.69) is 34.6 Å². The molecular formula is C15H20N4OS. The molecule has 0 atom stereocenters. The topological polar surface area (TPSA) is 52.8 Å². The molecule has 1 heterocycles. The predicted octanol–water partition coefficient (Wildman–Crippen LogP) is 3.27. The van der Waals surface area contributed by atoms with E-state index < -0.39 is 0 Å². The fourth-order valence-electron chi connectivity index (χ4n) is 2.59. The lowest BCUT2D eigenvalue weighted by atomic mass is 10.2. The number of thioether (sulfide) groups is 1. The minimum Gasteiger partial charge on any atom is -0.493 e. The summed E-state index contributed by atoms with van der Waals surface area (Å²) in [6, 6.07) is 8.61. The molecule has 21 heavy (non-hydrogen) atoms. The van der Waals surface area contributed by atoms with Crippen molar-refractivity contribution < 1.29 is 4.74 Å². The Morgan fingerprint density at radius 3 is 2.76 bits per heavy atom. The van der Waals surface area contributed by atoms with Gasteiger partial charge in [-0.1, -0.05) is 42.3 Å². The largest absolute Gasteiger partial charge is 0.493 e. The Balaban J connectivity index is 1.47. The summed E-state index contributed by atoms with van der Waals surface area (Å²) in [4.78, 5) is 0. The summed E-state index contributed by atoms with van der Waals surface area (Å²) in [6.07, 6.45) is 4.95. The quantitative estimate of drug-likeness (QED) is 0.605. The van der Waals surface area contributed by atoms with E-state index in [1.165, 1.54) is 31.2 Å². The van der Waals surface area contributed by atoms with Gasteiger partial charge in [-0.2, -0.15) is 0 Å². The van der Waals surface area contributed by atoms with Gasteiger partial charge in [0.1, 0.15) is 5.75 Å². The van der Waals surface area contributed by atoms with Gasteiger partial charge < -0.3 is 4.74 Å². The summed E-state index contributed by atoms with van der Waals surface area (Å²) in [5.41, 5.74) is 1.24. The second-order valence-electron chi connectivity index (χ2n) is 5.35. The molecule has 0 N–H and O–H groups in total. The van der Waals surface area contributed by atoms with Gasteiger partial charge in [-0.3, -0.25) is 0 Å². The van der Waals surface area contributed by atoms with Crippen molar-refractivity contribution in [2.75, 3.05) is 12.4 Å². The second kappa shape index (κ2) is 6.93. The van der Waals surface area contributed by atoms with Crippen LogP contribution in [0.2, 0.25) is 0 Å². The lowest BCUT2D eigenvalue weighted by Crippen LogP contribution is -2.09. The average molecular weight is 304 g/mol. The molecule has 0 unspecified atom stereocenters. The van der Waals surface area contributed by atoms with Gasteiger partial charge in [0.05, 0.1) is 12.6 Å². The lowest BCUT2D eigenvalue weighted by Gasteiger charge is -2.11. The summed E-state index contributed by atoms with van der Waals surface area (Å²) >= 11 is 1.66. The molecule has 1 saturated carbocycles. The van der Waals surface area contributed by atoms with Gasteiger partial charge in [0.25, 0.3) is 0 Å². The molecule has 5 nitrogen and oxygen atoms in total. The van der Waals surface area contributed by atoms with Crippen molar-refractivity contribution in [2.45, 2.75) is 43.8 Å². The highest BCUT2D eigenvalue weighted by atomic mass is 32.2. The molecule has 2 aromatic rings. The van der Waals surface area contributed by atoms with E-state index in [-0.39, 0.29) is 0 Å². The molecule has 0 amide bonds. The molecule has 3 rings (SSSR count). The molecule has 0 spiro atoms. The van der Waals surface area contributed by atoms with Crippen molar-refractivity contribution in [2.24, 2.45) is 0 Å². The van der Waals surface area contributed by atoms with E-state index in [4.69, 9.17) is 4.74 Å². The molecule has 1 aromatic heterocycles. The third kappa shape index (κ3) is 3.75. The molecule has 0 bridgehead atoms. The minimum atomic E-state index is 0.487. The van der Waals surface area contributed by atoms with Gasteiger partial charge in [-0.15, -0.1) is 5.10 Å². The van der Waals surface area contributed by atoms with E-state index in [0.29, 0.717) is 12.6 Å². The van der Waals surface area contributed by atoms with E-state index >= 15 is 0 Å². The van der Waals surface area contributed by atoms with Gasteiger partial charge >= 0.3 is 0 Å². The van der Waals surface area contributed by atoms with Crippen LogP contribution >= 0.6 is 11.8 Å². The van der Waals surface area contributed by atoms with Crippen LogP contribution in [-0.4, -0.2) is 32.6 Å². The standard InChI is InChI=1S/C15H20N4OS/c1-12-6-8-14(9-7-12)20-10-11-21-15-16-17-18-19(15)13-4-2-3-5-13/h6-9,13H,2-5,10-11H2,1H3. The Morgan fingerprint density at radius 1 is 1.24 bits per heavy atom. The van der Waals surface area contributed by atoms with Crippen molar-refractivity contribution in [3.05, 3.63) is 29.8 Å². The molecule has 0 aliphatic heterocycles. The zero-order valence-corrected chi connectivity index (χ0v) is 13.1. The van der Waals surface area contributed by atoms with Crippen LogP contribution in [-0.2, 0) is 0 Å². The van der Waals surface area contributed by atoms with Crippen LogP contribution in [0.25, 0.3) is 0 Å². The fraction of sp³-hybridized carbons (Fsp3) is 0.533. The number of aromatic nitrogens is 4. The van der Waals surface area contributed by atoms with E-state index in [1.54, 1.807) is 11.8 Å². The smallest absolute Gasteiger partial charge is 0.209 e. The van der Waals surface area contributed by atoms with Gasteiger partial charge in [0.15, 0.2) is 0 Å². The number of tetrazole rings is 1. The average Bonchev–Trinajstić information content (AvgIpc) is 3.16. The van der Waals surface area contributed by atoms with Gasteiger partial charge in [0.2, 0.25) is 5.16 Å². The molecule has 112 valence electrons. The Labute approximate surface area is 129 Å². The Kier molecular flexibility index (Phi) is 4.75. The summed E-state index contributed by atoms with van der Waals surface area (Å²) in [7, 11) is 0. The highest BCUT2D eigenvalue weighted by Crippen LogP contribution is 2.31. The SMILES string of the molecule is Cc1ccc(OCCSc2nnnn2C2CCCC2)cc1. The number of hydrogen-bond acceptors (Lipinski definition) is 5. The van der Waals surface area contributed by atoms with Crippen molar-refractivity contribution in [3.63, 3.8) is 0 Å². The maximum atomic E-state index is 5.73. The van der Waals surface area contributed by atoms with Crippen molar-refractivity contribution >= 4 is 11.8 Å². The van der Waals surface area contributed by atoms with Crippen LogP contribution in [0.5, 0.6) is 5.75 Å². The van der Waals surface area contributed by atoms with Crippen LogP contribution in [0, 0.1) is 6.92 Å². The molecule has 1 aliphatic rings. The first-order chi connectivity index (χ1) is 10.3. The van der Waals surface area contributed by atoms with Crippen molar-refractivity contribution in [1.29, 1.82) is 0 Å². The predicted molar refractivity (Wildman–Crippen MR) is 82.7 cm³/mol. The van der Waals surface area contributed by atoms with Gasteiger partial charge in [-0.25, -0.2) is 4.68 Å². The maximum Gasteiger partial charge on any atom is 0.209 e. The molecule has 1 aromatic carbocycles. The summed E-state index contributed by atoms with van der Waals surface area (Å²) in [6.45, 7) is 2.73. The number of nitrogens with zero attached hydrogens (tertiary/aromatic N) is 4. The first-order valence-corrected chi connectivity index (χ1v) is 8.41. The van der Waals surface area contributed by atoms with E-state index in [0.717, 1.165) is 16.7 Å². The summed E-state index contributed by atoms with van der Waals surface area (Å²) in [5, 5.41) is 13.0. The Hall–Kier alpha value is -1.56. The first kappa shape index (κ1) is 14.4. The van der Waals surface area contributed by atoms with Crippen molar-refractivity contribution in [1.82, 2.24) is 20.2 Å². The summed E-state index contributed by atoms with van der Waals surface area (Å²) in [5.74, 6) is 1.76. The zero-order valence-electron chi connectivity index (χ0n) is 12.2. The number of rotatable bonds is 6. The zero-order chi connectivity index (χ0) is 14.5. The molecule has 0 radical (unpaired) electrons. The van der Waals surface area contributed by atoms with Crippen LogP contribution in [0.3, 0.4) is 0 Å².